The van der Waals surface area contributed by atoms with Gasteiger partial charge in [0.25, 0.3) is 5.91 Å². The van der Waals surface area contributed by atoms with Crippen LogP contribution < -0.4 is 5.32 Å². The van der Waals surface area contributed by atoms with E-state index in [1.54, 1.807) is 6.20 Å². The second-order valence-electron chi connectivity index (χ2n) is 7.21. The average molecular weight is 476 g/mol. The Balaban J connectivity index is 0.00000240. The summed E-state index contributed by atoms with van der Waals surface area (Å²) < 4.78 is 0.977. The van der Waals surface area contributed by atoms with E-state index in [1.807, 2.05) is 48.2 Å². The van der Waals surface area contributed by atoms with E-state index in [-0.39, 0.29) is 18.3 Å². The minimum absolute atomic E-state index is 0. The number of nitrogens with zero attached hydrogens (tertiary/aromatic N) is 3. The molecule has 3 aromatic rings. The second-order valence-corrected chi connectivity index (χ2v) is 8.13. The van der Waals surface area contributed by atoms with E-state index in [2.05, 4.69) is 31.2 Å². The highest BCUT2D eigenvalue weighted by atomic mass is 79.9. The minimum Gasteiger partial charge on any atom is -0.354 e. The molecule has 1 aliphatic rings. The molecule has 3 heterocycles. The summed E-state index contributed by atoms with van der Waals surface area (Å²) in [6.07, 6.45) is 6.16. The predicted molar refractivity (Wildman–Crippen MR) is 123 cm³/mol. The van der Waals surface area contributed by atoms with Crippen LogP contribution in [0.4, 0.5) is 11.4 Å². The number of anilines is 2. The summed E-state index contributed by atoms with van der Waals surface area (Å²) in [5, 5.41) is 4.31. The average Bonchev–Trinajstić information content (AvgIpc) is 2.97. The first-order valence-electron chi connectivity index (χ1n) is 9.70. The van der Waals surface area contributed by atoms with Gasteiger partial charge in [-0.3, -0.25) is 4.79 Å². The van der Waals surface area contributed by atoms with Gasteiger partial charge in [-0.2, -0.15) is 0 Å². The maximum absolute atomic E-state index is 13.4. The van der Waals surface area contributed by atoms with E-state index in [0.29, 0.717) is 11.2 Å². The van der Waals surface area contributed by atoms with E-state index < -0.39 is 0 Å². The molecule has 0 unspecified atom stereocenters. The second kappa shape index (κ2) is 9.55. The van der Waals surface area contributed by atoms with Crippen LogP contribution in [-0.2, 0) is 0 Å². The highest BCUT2D eigenvalue weighted by Crippen LogP contribution is 2.31. The molecule has 1 amide bonds. The molecule has 1 aromatic carbocycles. The van der Waals surface area contributed by atoms with Crippen LogP contribution in [0.15, 0.2) is 47.1 Å². The molecule has 0 spiro atoms. The molecule has 7 heteroatoms. The van der Waals surface area contributed by atoms with Gasteiger partial charge in [-0.05, 0) is 50.1 Å². The van der Waals surface area contributed by atoms with Gasteiger partial charge in [-0.15, -0.1) is 12.4 Å². The smallest absolute Gasteiger partial charge is 0.257 e. The van der Waals surface area contributed by atoms with Crippen molar-refractivity contribution in [3.05, 3.63) is 58.3 Å². The third kappa shape index (κ3) is 4.87. The molecule has 1 N–H and O–H groups in total. The first kappa shape index (κ1) is 21.5. The molecule has 2 aromatic heterocycles. The van der Waals surface area contributed by atoms with E-state index in [0.717, 1.165) is 52.9 Å². The lowest BCUT2D eigenvalue weighted by Gasteiger charge is -2.22. The van der Waals surface area contributed by atoms with Gasteiger partial charge >= 0.3 is 0 Å². The zero-order valence-corrected chi connectivity index (χ0v) is 18.7. The first-order valence-corrected chi connectivity index (χ1v) is 10.5. The van der Waals surface area contributed by atoms with Crippen LogP contribution in [0, 0.1) is 6.92 Å². The third-order valence-electron chi connectivity index (χ3n) is 5.09. The lowest BCUT2D eigenvalue weighted by atomic mass is 10.1. The van der Waals surface area contributed by atoms with Crippen LogP contribution in [-0.4, -0.2) is 33.9 Å². The highest BCUT2D eigenvalue weighted by Gasteiger charge is 2.22. The molecular weight excluding hydrogens is 452 g/mol. The number of nitrogens with one attached hydrogen (secondary N) is 1. The van der Waals surface area contributed by atoms with Gasteiger partial charge in [0.15, 0.2) is 5.65 Å². The van der Waals surface area contributed by atoms with Crippen molar-refractivity contribution in [2.24, 2.45) is 0 Å². The minimum atomic E-state index is 0. The van der Waals surface area contributed by atoms with Crippen LogP contribution in [0.1, 0.15) is 41.7 Å². The Morgan fingerprint density at radius 3 is 2.59 bits per heavy atom. The van der Waals surface area contributed by atoms with Crippen LogP contribution >= 0.6 is 28.3 Å². The Kier molecular flexibility index (Phi) is 7.09. The number of carbonyl (C=O) groups is 1. The number of rotatable bonds is 3. The van der Waals surface area contributed by atoms with Gasteiger partial charge in [0.2, 0.25) is 0 Å². The number of benzene rings is 1. The molecule has 0 aliphatic carbocycles. The number of fused-ring (bicyclic) bond motifs is 1. The third-order valence-corrected chi connectivity index (χ3v) is 5.58. The number of hydrogen-bond acceptors (Lipinski definition) is 4. The molecule has 0 saturated carbocycles. The number of likely N-dealkylation sites (tertiary alicyclic amines) is 1. The lowest BCUT2D eigenvalue weighted by Crippen LogP contribution is -2.32. The molecule has 29 heavy (non-hydrogen) atoms. The van der Waals surface area contributed by atoms with Gasteiger partial charge in [-0.25, -0.2) is 9.97 Å². The van der Waals surface area contributed by atoms with Gasteiger partial charge in [0, 0.05) is 40.5 Å². The van der Waals surface area contributed by atoms with Crippen LogP contribution in [0.2, 0.25) is 0 Å². The zero-order valence-electron chi connectivity index (χ0n) is 16.3. The van der Waals surface area contributed by atoms with E-state index in [9.17, 15) is 4.79 Å². The van der Waals surface area contributed by atoms with E-state index >= 15 is 0 Å². The summed E-state index contributed by atoms with van der Waals surface area (Å²) in [5.74, 6) is 0.0365. The van der Waals surface area contributed by atoms with Crippen molar-refractivity contribution in [1.82, 2.24) is 14.9 Å². The van der Waals surface area contributed by atoms with Gasteiger partial charge in [0.1, 0.15) is 0 Å². The van der Waals surface area contributed by atoms with Crippen molar-refractivity contribution in [1.29, 1.82) is 0 Å². The number of aryl methyl sites for hydroxylation is 1. The normalized spacial score (nSPS) is 14.2. The quantitative estimate of drug-likeness (QED) is 0.514. The Labute approximate surface area is 185 Å². The fourth-order valence-corrected chi connectivity index (χ4v) is 4.02. The summed E-state index contributed by atoms with van der Waals surface area (Å²) in [5.41, 5.74) is 3.82. The summed E-state index contributed by atoms with van der Waals surface area (Å²) in [7, 11) is 0. The molecular formula is C22H24BrClN4O. The van der Waals surface area contributed by atoms with Crippen LogP contribution in [0.5, 0.6) is 0 Å². The Morgan fingerprint density at radius 2 is 1.86 bits per heavy atom. The molecule has 1 aliphatic heterocycles. The Bertz CT molecular complexity index is 1020. The topological polar surface area (TPSA) is 58.1 Å². The number of amides is 1. The fourth-order valence-electron chi connectivity index (χ4n) is 3.62. The van der Waals surface area contributed by atoms with Crippen molar-refractivity contribution in [3.63, 3.8) is 0 Å². The van der Waals surface area contributed by atoms with Crippen molar-refractivity contribution in [2.45, 2.75) is 32.6 Å². The summed E-state index contributed by atoms with van der Waals surface area (Å²) >= 11 is 3.51. The summed E-state index contributed by atoms with van der Waals surface area (Å²) in [6, 6.07) is 11.9. The Hall–Kier alpha value is -2.18. The lowest BCUT2D eigenvalue weighted by molar-refractivity contribution is 0.0762. The first-order chi connectivity index (χ1) is 13.6. The fraction of sp³-hybridized carbons (Fsp3) is 0.318. The number of halogens is 2. The van der Waals surface area contributed by atoms with Crippen LogP contribution in [0.3, 0.4) is 0 Å². The van der Waals surface area contributed by atoms with Gasteiger partial charge in [-0.1, -0.05) is 34.8 Å². The van der Waals surface area contributed by atoms with Crippen molar-refractivity contribution in [3.8, 4) is 0 Å². The zero-order chi connectivity index (χ0) is 19.5. The predicted octanol–water partition coefficient (Wildman–Crippen LogP) is 5.88. The molecule has 5 nitrogen and oxygen atoms in total. The number of carbonyl (C=O) groups excluding carboxylic acids is 1. The molecule has 1 fully saturated rings. The number of hydrogen-bond donors (Lipinski definition) is 1. The van der Waals surface area contributed by atoms with E-state index in [4.69, 9.17) is 0 Å². The maximum Gasteiger partial charge on any atom is 0.257 e. The molecule has 0 bridgehead atoms. The standard InChI is InChI=1S/C22H23BrN4O.ClH/c1-15-9-10-18-20(26-17-8-6-7-16(23)13-17)19(14-24-21(18)25-15)22(28)27-11-4-2-3-5-12-27;/h6-10,13-14H,2-5,11-12H2,1H3,(H,24,25,26);1H. The molecule has 4 rings (SSSR count). The monoisotopic (exact) mass is 474 g/mol. The summed E-state index contributed by atoms with van der Waals surface area (Å²) in [4.78, 5) is 24.4. The maximum atomic E-state index is 13.4. The van der Waals surface area contributed by atoms with Crippen LogP contribution in [0.25, 0.3) is 11.0 Å². The SMILES string of the molecule is Cc1ccc2c(Nc3cccc(Br)c3)c(C(=O)N3CCCCCC3)cnc2n1.Cl. The van der Waals surface area contributed by atoms with Crippen molar-refractivity contribution >= 4 is 56.7 Å². The Morgan fingerprint density at radius 1 is 1.10 bits per heavy atom. The molecule has 1 saturated heterocycles. The van der Waals surface area contributed by atoms with Gasteiger partial charge in [0.05, 0.1) is 11.3 Å². The highest BCUT2D eigenvalue weighted by molar-refractivity contribution is 9.10. The summed E-state index contributed by atoms with van der Waals surface area (Å²) in [6.45, 7) is 3.55. The molecule has 152 valence electrons. The molecule has 0 atom stereocenters. The van der Waals surface area contributed by atoms with Gasteiger partial charge < -0.3 is 10.2 Å². The van der Waals surface area contributed by atoms with Crippen molar-refractivity contribution in [2.75, 3.05) is 18.4 Å². The largest absolute Gasteiger partial charge is 0.354 e. The number of aromatic nitrogens is 2. The van der Waals surface area contributed by atoms with E-state index in [1.165, 1.54) is 12.8 Å². The van der Waals surface area contributed by atoms with Crippen molar-refractivity contribution < 1.29 is 4.79 Å². The molecule has 0 radical (unpaired) electrons. The number of pyridine rings is 2.